The summed E-state index contributed by atoms with van der Waals surface area (Å²) in [5.74, 6) is 0.929. The maximum absolute atomic E-state index is 10.1. The monoisotopic (exact) mass is 263 g/mol. The Labute approximate surface area is 116 Å². The van der Waals surface area contributed by atoms with Crippen LogP contribution in [0.3, 0.4) is 0 Å². The highest BCUT2D eigenvalue weighted by atomic mass is 16.5. The maximum Gasteiger partial charge on any atom is 0.121 e. The molecule has 1 saturated carbocycles. The number of hydrogen-bond acceptors (Lipinski definition) is 3. The summed E-state index contributed by atoms with van der Waals surface area (Å²) in [4.78, 5) is 0. The van der Waals surface area contributed by atoms with E-state index in [4.69, 9.17) is 4.74 Å². The summed E-state index contributed by atoms with van der Waals surface area (Å²) in [6, 6.07) is 6.48. The molecule has 3 nitrogen and oxygen atoms in total. The van der Waals surface area contributed by atoms with Gasteiger partial charge in [0.25, 0.3) is 0 Å². The van der Waals surface area contributed by atoms with Crippen LogP contribution in [-0.4, -0.2) is 24.4 Å². The zero-order valence-electron chi connectivity index (χ0n) is 12.0. The number of nitrogens with one attached hydrogen (secondary N) is 1. The molecule has 0 heterocycles. The van der Waals surface area contributed by atoms with Gasteiger partial charge in [-0.15, -0.1) is 0 Å². The Kier molecular flexibility index (Phi) is 5.23. The third-order valence-electron chi connectivity index (χ3n) is 4.01. The first-order valence-corrected chi connectivity index (χ1v) is 7.25. The van der Waals surface area contributed by atoms with Gasteiger partial charge in [-0.3, -0.25) is 0 Å². The van der Waals surface area contributed by atoms with Crippen molar-refractivity contribution >= 4 is 0 Å². The highest BCUT2D eigenvalue weighted by Crippen LogP contribution is 2.20. The van der Waals surface area contributed by atoms with Gasteiger partial charge in [-0.25, -0.2) is 0 Å². The molecule has 2 N–H and O–H groups in total. The van der Waals surface area contributed by atoms with Gasteiger partial charge in [0.15, 0.2) is 0 Å². The fraction of sp³-hybridized carbons (Fsp3) is 0.625. The van der Waals surface area contributed by atoms with Gasteiger partial charge < -0.3 is 15.2 Å². The van der Waals surface area contributed by atoms with E-state index in [1.54, 1.807) is 7.11 Å². The van der Waals surface area contributed by atoms with Crippen molar-refractivity contribution in [2.75, 3.05) is 7.11 Å². The number of hydrogen-bond donors (Lipinski definition) is 2. The van der Waals surface area contributed by atoms with Gasteiger partial charge in [-0.05, 0) is 37.0 Å². The molecule has 1 aromatic rings. The highest BCUT2D eigenvalue weighted by Gasteiger charge is 2.20. The van der Waals surface area contributed by atoms with Gasteiger partial charge in [0.1, 0.15) is 5.75 Å². The van der Waals surface area contributed by atoms with Crippen molar-refractivity contribution in [3.8, 4) is 5.75 Å². The molecule has 1 aliphatic carbocycles. The molecule has 106 valence electrons. The van der Waals surface area contributed by atoms with Crippen LogP contribution < -0.4 is 10.1 Å². The first-order chi connectivity index (χ1) is 9.20. The summed E-state index contributed by atoms with van der Waals surface area (Å²) in [5.41, 5.74) is 2.40. The van der Waals surface area contributed by atoms with Crippen LogP contribution in [0.15, 0.2) is 18.2 Å². The Morgan fingerprint density at radius 3 is 2.79 bits per heavy atom. The lowest BCUT2D eigenvalue weighted by Crippen LogP contribution is -2.38. The van der Waals surface area contributed by atoms with Gasteiger partial charge in [-0.2, -0.15) is 0 Å². The van der Waals surface area contributed by atoms with Crippen LogP contribution in [0.5, 0.6) is 5.75 Å². The van der Waals surface area contributed by atoms with Crippen LogP contribution in [0.4, 0.5) is 0 Å². The van der Waals surface area contributed by atoms with Gasteiger partial charge >= 0.3 is 0 Å². The zero-order chi connectivity index (χ0) is 13.7. The first kappa shape index (κ1) is 14.4. The van der Waals surface area contributed by atoms with Crippen molar-refractivity contribution in [1.29, 1.82) is 0 Å². The minimum atomic E-state index is -0.193. The molecule has 19 heavy (non-hydrogen) atoms. The fourth-order valence-corrected chi connectivity index (χ4v) is 2.83. The molecular weight excluding hydrogens is 238 g/mol. The number of methoxy groups -OCH3 is 1. The van der Waals surface area contributed by atoms with E-state index in [-0.39, 0.29) is 12.1 Å². The molecule has 1 aliphatic rings. The van der Waals surface area contributed by atoms with Crippen molar-refractivity contribution in [2.45, 2.75) is 57.7 Å². The summed E-state index contributed by atoms with van der Waals surface area (Å²) in [7, 11) is 1.70. The van der Waals surface area contributed by atoms with Gasteiger partial charge in [0, 0.05) is 12.6 Å². The quantitative estimate of drug-likeness (QED) is 0.821. The minimum Gasteiger partial charge on any atom is -0.496 e. The lowest BCUT2D eigenvalue weighted by atomic mass is 10.1. The summed E-state index contributed by atoms with van der Waals surface area (Å²) in [6.45, 7) is 2.87. The molecule has 2 rings (SSSR count). The first-order valence-electron chi connectivity index (χ1n) is 7.25. The molecule has 0 aliphatic heterocycles. The Morgan fingerprint density at radius 2 is 2.05 bits per heavy atom. The normalized spacial score (nSPS) is 23.9. The maximum atomic E-state index is 10.1. The topological polar surface area (TPSA) is 41.5 Å². The van der Waals surface area contributed by atoms with E-state index in [1.165, 1.54) is 18.4 Å². The zero-order valence-corrected chi connectivity index (χ0v) is 12.0. The van der Waals surface area contributed by atoms with E-state index in [0.29, 0.717) is 0 Å². The summed E-state index contributed by atoms with van der Waals surface area (Å²) in [5, 5.41) is 13.6. The SMILES string of the molecule is COc1ccc(CNC2CCCCCC2O)cc1C. The van der Waals surface area contributed by atoms with E-state index in [1.807, 2.05) is 6.07 Å². The molecule has 0 spiro atoms. The summed E-state index contributed by atoms with van der Waals surface area (Å²) >= 11 is 0. The average molecular weight is 263 g/mol. The number of aliphatic hydroxyl groups is 1. The third-order valence-corrected chi connectivity index (χ3v) is 4.01. The lowest BCUT2D eigenvalue weighted by molar-refractivity contribution is 0.119. The van der Waals surface area contributed by atoms with Gasteiger partial charge in [0.05, 0.1) is 13.2 Å². The number of aliphatic hydroxyl groups excluding tert-OH is 1. The van der Waals surface area contributed by atoms with Crippen molar-refractivity contribution in [3.05, 3.63) is 29.3 Å². The molecule has 2 unspecified atom stereocenters. The molecular formula is C16H25NO2. The third kappa shape index (κ3) is 3.95. The number of rotatable bonds is 4. The largest absolute Gasteiger partial charge is 0.496 e. The van der Waals surface area contributed by atoms with E-state index >= 15 is 0 Å². The van der Waals surface area contributed by atoms with Crippen LogP contribution in [0, 0.1) is 6.92 Å². The molecule has 2 atom stereocenters. The highest BCUT2D eigenvalue weighted by molar-refractivity contribution is 5.36. The van der Waals surface area contributed by atoms with Crippen LogP contribution in [-0.2, 0) is 6.54 Å². The standard InChI is InChI=1S/C16H25NO2/c1-12-10-13(8-9-16(12)19-2)11-17-14-6-4-3-5-7-15(14)18/h8-10,14-15,17-18H,3-7,11H2,1-2H3. The molecule has 0 amide bonds. The van der Waals surface area contributed by atoms with E-state index < -0.39 is 0 Å². The number of benzene rings is 1. The van der Waals surface area contributed by atoms with Crippen LogP contribution in [0.25, 0.3) is 0 Å². The Balaban J connectivity index is 1.92. The minimum absolute atomic E-state index is 0.193. The summed E-state index contributed by atoms with van der Waals surface area (Å²) < 4.78 is 5.27. The smallest absolute Gasteiger partial charge is 0.121 e. The van der Waals surface area contributed by atoms with Crippen LogP contribution in [0.2, 0.25) is 0 Å². The number of aryl methyl sites for hydroxylation is 1. The van der Waals surface area contributed by atoms with Gasteiger partial charge in [0.2, 0.25) is 0 Å². The number of ether oxygens (including phenoxy) is 1. The van der Waals surface area contributed by atoms with Crippen molar-refractivity contribution in [1.82, 2.24) is 5.32 Å². The molecule has 1 aromatic carbocycles. The average Bonchev–Trinajstić information content (AvgIpc) is 2.61. The van der Waals surface area contributed by atoms with E-state index in [0.717, 1.165) is 37.1 Å². The van der Waals surface area contributed by atoms with Gasteiger partial charge in [-0.1, -0.05) is 31.4 Å². The Morgan fingerprint density at radius 1 is 1.26 bits per heavy atom. The second-order valence-electron chi connectivity index (χ2n) is 5.50. The van der Waals surface area contributed by atoms with Crippen LogP contribution >= 0.6 is 0 Å². The van der Waals surface area contributed by atoms with E-state index in [2.05, 4.69) is 24.4 Å². The molecule has 0 saturated heterocycles. The Bertz CT molecular complexity index is 406. The second-order valence-corrected chi connectivity index (χ2v) is 5.50. The predicted molar refractivity (Wildman–Crippen MR) is 77.5 cm³/mol. The molecule has 0 aromatic heterocycles. The van der Waals surface area contributed by atoms with E-state index in [9.17, 15) is 5.11 Å². The Hall–Kier alpha value is -1.06. The molecule has 0 bridgehead atoms. The molecule has 0 radical (unpaired) electrons. The molecule has 1 fully saturated rings. The second kappa shape index (κ2) is 6.92. The van der Waals surface area contributed by atoms with Crippen molar-refractivity contribution in [3.63, 3.8) is 0 Å². The van der Waals surface area contributed by atoms with Crippen molar-refractivity contribution < 1.29 is 9.84 Å². The fourth-order valence-electron chi connectivity index (χ4n) is 2.83. The molecule has 3 heteroatoms. The summed E-state index contributed by atoms with van der Waals surface area (Å²) in [6.07, 6.45) is 5.44. The van der Waals surface area contributed by atoms with Crippen molar-refractivity contribution in [2.24, 2.45) is 0 Å². The predicted octanol–water partition coefficient (Wildman–Crippen LogP) is 2.79. The van der Waals surface area contributed by atoms with Crippen LogP contribution in [0.1, 0.15) is 43.2 Å². The lowest BCUT2D eigenvalue weighted by Gasteiger charge is -2.22.